The molecule has 0 aliphatic rings. The number of aromatic amines is 1. The van der Waals surface area contributed by atoms with Gasteiger partial charge < -0.3 is 9.72 Å². The molecule has 3 aromatic rings. The van der Waals surface area contributed by atoms with Gasteiger partial charge in [-0.15, -0.1) is 0 Å². The van der Waals surface area contributed by atoms with Crippen LogP contribution in [0.15, 0.2) is 41.3 Å². The molecular weight excluding hydrogens is 369 g/mol. The van der Waals surface area contributed by atoms with Gasteiger partial charge in [0.1, 0.15) is 11.3 Å². The first-order valence-corrected chi connectivity index (χ1v) is 6.96. The maximum Gasteiger partial charge on any atom is 0.259 e. The topological polar surface area (TPSA) is 67.9 Å². The lowest BCUT2D eigenvalue weighted by Gasteiger charge is -2.06. The van der Waals surface area contributed by atoms with Crippen LogP contribution >= 0.6 is 22.6 Å². The SMILES string of the molecule is COc1nccc2c(=O)[nH]c(-c3cccc(I)c3)nc12. The van der Waals surface area contributed by atoms with Crippen molar-refractivity contribution in [2.75, 3.05) is 7.11 Å². The summed E-state index contributed by atoms with van der Waals surface area (Å²) in [5.41, 5.74) is 1.11. The van der Waals surface area contributed by atoms with E-state index in [0.717, 1.165) is 9.13 Å². The van der Waals surface area contributed by atoms with Gasteiger partial charge in [-0.3, -0.25) is 4.79 Å². The largest absolute Gasteiger partial charge is 0.479 e. The third-order valence-electron chi connectivity index (χ3n) is 2.88. The Balaban J connectivity index is 2.31. The maximum atomic E-state index is 12.1. The molecule has 0 aliphatic heterocycles. The Morgan fingerprint density at radius 3 is 2.90 bits per heavy atom. The van der Waals surface area contributed by atoms with Crippen LogP contribution in [0.5, 0.6) is 5.88 Å². The first-order valence-electron chi connectivity index (χ1n) is 5.88. The number of nitrogens with zero attached hydrogens (tertiary/aromatic N) is 2. The third-order valence-corrected chi connectivity index (χ3v) is 3.55. The standard InChI is InChI=1S/C14H10IN3O2/c1-20-14-11-10(5-6-16-14)13(19)18-12(17-11)8-3-2-4-9(15)7-8/h2-7H,1H3,(H,17,18,19). The van der Waals surface area contributed by atoms with E-state index in [2.05, 4.69) is 37.5 Å². The van der Waals surface area contributed by atoms with Gasteiger partial charge in [0.15, 0.2) is 0 Å². The summed E-state index contributed by atoms with van der Waals surface area (Å²) in [6, 6.07) is 9.37. The van der Waals surface area contributed by atoms with Crippen LogP contribution in [-0.2, 0) is 0 Å². The van der Waals surface area contributed by atoms with Crippen molar-refractivity contribution in [1.82, 2.24) is 15.0 Å². The summed E-state index contributed by atoms with van der Waals surface area (Å²) in [4.78, 5) is 23.5. The molecule has 0 amide bonds. The van der Waals surface area contributed by atoms with E-state index in [0.29, 0.717) is 22.6 Å². The highest BCUT2D eigenvalue weighted by Gasteiger charge is 2.10. The second-order valence-electron chi connectivity index (χ2n) is 4.14. The molecule has 20 heavy (non-hydrogen) atoms. The Hall–Kier alpha value is -1.96. The number of ether oxygens (including phenoxy) is 1. The highest BCUT2D eigenvalue weighted by Crippen LogP contribution is 2.22. The highest BCUT2D eigenvalue weighted by atomic mass is 127. The van der Waals surface area contributed by atoms with Gasteiger partial charge in [0.25, 0.3) is 5.56 Å². The number of pyridine rings is 1. The molecule has 3 rings (SSSR count). The van der Waals surface area contributed by atoms with Crippen LogP contribution in [0.1, 0.15) is 0 Å². The normalized spacial score (nSPS) is 10.7. The molecule has 6 heteroatoms. The van der Waals surface area contributed by atoms with Crippen molar-refractivity contribution < 1.29 is 4.74 Å². The van der Waals surface area contributed by atoms with Gasteiger partial charge in [-0.05, 0) is 40.8 Å². The second-order valence-corrected chi connectivity index (χ2v) is 5.39. The number of benzene rings is 1. The summed E-state index contributed by atoms with van der Waals surface area (Å²) in [5, 5.41) is 0.464. The van der Waals surface area contributed by atoms with E-state index < -0.39 is 0 Å². The van der Waals surface area contributed by atoms with Crippen molar-refractivity contribution in [3.05, 3.63) is 50.5 Å². The molecule has 1 N–H and O–H groups in total. The number of methoxy groups -OCH3 is 1. The van der Waals surface area contributed by atoms with Crippen LogP contribution in [0.25, 0.3) is 22.3 Å². The van der Waals surface area contributed by atoms with Gasteiger partial charge in [-0.1, -0.05) is 12.1 Å². The average molecular weight is 379 g/mol. The van der Waals surface area contributed by atoms with Crippen molar-refractivity contribution in [1.29, 1.82) is 0 Å². The lowest BCUT2D eigenvalue weighted by Crippen LogP contribution is -2.10. The average Bonchev–Trinajstić information content (AvgIpc) is 2.46. The molecule has 0 fully saturated rings. The monoisotopic (exact) mass is 379 g/mol. The van der Waals surface area contributed by atoms with Gasteiger partial charge in [0.2, 0.25) is 5.88 Å². The maximum absolute atomic E-state index is 12.1. The van der Waals surface area contributed by atoms with Crippen LogP contribution in [0.2, 0.25) is 0 Å². The summed E-state index contributed by atoms with van der Waals surface area (Å²) in [6.07, 6.45) is 1.53. The number of halogens is 1. The molecule has 100 valence electrons. The first kappa shape index (κ1) is 13.0. The number of hydrogen-bond donors (Lipinski definition) is 1. The van der Waals surface area contributed by atoms with E-state index in [-0.39, 0.29) is 5.56 Å². The van der Waals surface area contributed by atoms with E-state index in [1.165, 1.54) is 13.3 Å². The van der Waals surface area contributed by atoms with Gasteiger partial charge in [0.05, 0.1) is 12.5 Å². The molecular formula is C14H10IN3O2. The Morgan fingerprint density at radius 1 is 1.30 bits per heavy atom. The van der Waals surface area contributed by atoms with E-state index >= 15 is 0 Å². The molecule has 5 nitrogen and oxygen atoms in total. The number of rotatable bonds is 2. The fourth-order valence-electron chi connectivity index (χ4n) is 1.96. The minimum absolute atomic E-state index is 0.204. The fourth-order valence-corrected chi connectivity index (χ4v) is 2.51. The third kappa shape index (κ3) is 2.26. The predicted octanol–water partition coefficient (Wildman–Crippen LogP) is 2.60. The molecule has 0 radical (unpaired) electrons. The smallest absolute Gasteiger partial charge is 0.259 e. The van der Waals surface area contributed by atoms with E-state index in [1.54, 1.807) is 6.07 Å². The second kappa shape index (κ2) is 5.20. The van der Waals surface area contributed by atoms with Crippen molar-refractivity contribution in [3.8, 4) is 17.3 Å². The van der Waals surface area contributed by atoms with Crippen molar-refractivity contribution >= 4 is 33.5 Å². The van der Waals surface area contributed by atoms with Crippen molar-refractivity contribution in [2.24, 2.45) is 0 Å². The highest BCUT2D eigenvalue weighted by molar-refractivity contribution is 14.1. The molecule has 1 aromatic carbocycles. The Kier molecular flexibility index (Phi) is 3.39. The Labute approximate surface area is 128 Å². The van der Waals surface area contributed by atoms with Gasteiger partial charge >= 0.3 is 0 Å². The minimum Gasteiger partial charge on any atom is -0.479 e. The zero-order valence-electron chi connectivity index (χ0n) is 10.6. The molecule has 0 bridgehead atoms. The van der Waals surface area contributed by atoms with E-state index in [1.807, 2.05) is 24.3 Å². The lowest BCUT2D eigenvalue weighted by molar-refractivity contribution is 0.402. The van der Waals surface area contributed by atoms with Gasteiger partial charge in [-0.2, -0.15) is 0 Å². The van der Waals surface area contributed by atoms with Gasteiger partial charge in [0, 0.05) is 15.3 Å². The van der Waals surface area contributed by atoms with E-state index in [4.69, 9.17) is 4.74 Å². The zero-order valence-corrected chi connectivity index (χ0v) is 12.7. The van der Waals surface area contributed by atoms with Gasteiger partial charge in [-0.25, -0.2) is 9.97 Å². The molecule has 0 unspecified atom stereocenters. The number of aromatic nitrogens is 3. The summed E-state index contributed by atoms with van der Waals surface area (Å²) in [6.45, 7) is 0. The van der Waals surface area contributed by atoms with Crippen LogP contribution in [0.3, 0.4) is 0 Å². The number of nitrogens with one attached hydrogen (secondary N) is 1. The summed E-state index contributed by atoms with van der Waals surface area (Å²) >= 11 is 2.22. The molecule has 0 aliphatic carbocycles. The van der Waals surface area contributed by atoms with Crippen molar-refractivity contribution in [2.45, 2.75) is 0 Å². The first-order chi connectivity index (χ1) is 9.69. The Morgan fingerprint density at radius 2 is 2.15 bits per heavy atom. The summed E-state index contributed by atoms with van der Waals surface area (Å²) in [5.74, 6) is 0.854. The zero-order chi connectivity index (χ0) is 14.1. The van der Waals surface area contributed by atoms with Crippen LogP contribution in [-0.4, -0.2) is 22.1 Å². The minimum atomic E-state index is -0.204. The lowest BCUT2D eigenvalue weighted by atomic mass is 10.2. The number of hydrogen-bond acceptors (Lipinski definition) is 4. The molecule has 0 spiro atoms. The van der Waals surface area contributed by atoms with Crippen LogP contribution in [0.4, 0.5) is 0 Å². The summed E-state index contributed by atoms with van der Waals surface area (Å²) in [7, 11) is 1.51. The molecule has 0 atom stereocenters. The summed E-state index contributed by atoms with van der Waals surface area (Å²) < 4.78 is 6.24. The molecule has 2 heterocycles. The van der Waals surface area contributed by atoms with Crippen LogP contribution < -0.4 is 10.3 Å². The quantitative estimate of drug-likeness (QED) is 0.696. The number of fused-ring (bicyclic) bond motifs is 1. The number of H-pyrrole nitrogens is 1. The molecule has 0 saturated carbocycles. The molecule has 0 saturated heterocycles. The fraction of sp³-hybridized carbons (Fsp3) is 0.0714. The van der Waals surface area contributed by atoms with E-state index in [9.17, 15) is 4.79 Å². The van der Waals surface area contributed by atoms with Crippen LogP contribution in [0, 0.1) is 3.57 Å². The molecule has 2 aromatic heterocycles. The predicted molar refractivity (Wildman–Crippen MR) is 84.9 cm³/mol. The van der Waals surface area contributed by atoms with Crippen molar-refractivity contribution in [3.63, 3.8) is 0 Å². The Bertz CT molecular complexity index is 845.